The Labute approximate surface area is 200 Å². The third kappa shape index (κ3) is 3.48. The van der Waals surface area contributed by atoms with Gasteiger partial charge in [-0.2, -0.15) is 0 Å². The molecule has 5 nitrogen and oxygen atoms in total. The summed E-state index contributed by atoms with van der Waals surface area (Å²) in [6, 6.07) is 10.8. The van der Waals surface area contributed by atoms with Crippen LogP contribution in [0.4, 0.5) is 4.39 Å². The van der Waals surface area contributed by atoms with Gasteiger partial charge in [0.15, 0.2) is 11.6 Å². The first-order valence-electron chi connectivity index (χ1n) is 11.8. The number of carbonyl (C=O) groups is 2. The number of nitrogens with zero attached hydrogens (tertiary/aromatic N) is 1. The second kappa shape index (κ2) is 8.01. The molecule has 0 radical (unpaired) electrons. The van der Waals surface area contributed by atoms with Crippen LogP contribution in [0.2, 0.25) is 0 Å². The van der Waals surface area contributed by atoms with E-state index < -0.39 is 0 Å². The molecule has 6 heteroatoms. The third-order valence-electron chi connectivity index (χ3n) is 7.15. The monoisotopic (exact) mass is 466 g/mol. The minimum absolute atomic E-state index is 0.0213. The van der Waals surface area contributed by atoms with Crippen LogP contribution >= 0.6 is 0 Å². The molecule has 0 saturated carbocycles. The number of ketones is 2. The number of carbonyl (C=O) groups excluding carboxylic acids is 2. The Hall–Kier alpha value is -4.06. The molecule has 174 valence electrons. The number of nitrogens with one attached hydrogen (secondary N) is 1. The Morgan fingerprint density at radius 1 is 1.06 bits per heavy atom. The van der Waals surface area contributed by atoms with Gasteiger partial charge in [-0.3, -0.25) is 14.4 Å². The van der Waals surface area contributed by atoms with E-state index in [1.807, 2.05) is 4.57 Å². The Kier molecular flexibility index (Phi) is 4.92. The van der Waals surface area contributed by atoms with Crippen molar-refractivity contribution in [2.24, 2.45) is 0 Å². The topological polar surface area (TPSA) is 71.9 Å². The largest absolute Gasteiger partial charge is 0.333 e. The number of Topliss-reactive ketones (excluding diaryl/α,β-unsaturated/α-hetero) is 1. The maximum absolute atomic E-state index is 15.2. The average molecular weight is 467 g/mol. The Morgan fingerprint density at radius 3 is 2.63 bits per heavy atom. The summed E-state index contributed by atoms with van der Waals surface area (Å²) in [6.07, 6.45) is 7.87. The van der Waals surface area contributed by atoms with Gasteiger partial charge in [0.1, 0.15) is 5.82 Å². The SMILES string of the molecule is CC(=O)c1c(-c2ccc[nH]c2=O)c2cc3c(cc2n1Cc1cc2c(cc1F)C=CC(=O)C2)CCC3. The maximum Gasteiger partial charge on any atom is 0.255 e. The molecule has 2 heterocycles. The number of H-pyrrole nitrogens is 1. The van der Waals surface area contributed by atoms with Crippen molar-refractivity contribution in [2.75, 3.05) is 0 Å². The number of benzene rings is 2. The summed E-state index contributed by atoms with van der Waals surface area (Å²) in [4.78, 5) is 40.5. The molecule has 0 saturated heterocycles. The Bertz CT molecular complexity index is 1650. The molecule has 0 fully saturated rings. The summed E-state index contributed by atoms with van der Waals surface area (Å²) in [5, 5.41) is 0.823. The molecule has 0 aliphatic heterocycles. The second-order valence-corrected chi connectivity index (χ2v) is 9.39. The highest BCUT2D eigenvalue weighted by Crippen LogP contribution is 2.38. The van der Waals surface area contributed by atoms with Crippen LogP contribution in [0, 0.1) is 5.82 Å². The van der Waals surface area contributed by atoms with Crippen molar-refractivity contribution in [2.45, 2.75) is 39.2 Å². The number of aromatic nitrogens is 2. The van der Waals surface area contributed by atoms with Gasteiger partial charge in [0.25, 0.3) is 5.56 Å². The number of aryl methyl sites for hydroxylation is 2. The highest BCUT2D eigenvalue weighted by atomic mass is 19.1. The van der Waals surface area contributed by atoms with Gasteiger partial charge in [-0.25, -0.2) is 4.39 Å². The number of fused-ring (bicyclic) bond motifs is 3. The molecule has 2 aromatic carbocycles. The highest BCUT2D eigenvalue weighted by Gasteiger charge is 2.26. The number of pyridine rings is 1. The Morgan fingerprint density at radius 2 is 1.86 bits per heavy atom. The quantitative estimate of drug-likeness (QED) is 0.430. The predicted molar refractivity (Wildman–Crippen MR) is 133 cm³/mol. The van der Waals surface area contributed by atoms with Crippen molar-refractivity contribution < 1.29 is 14.0 Å². The van der Waals surface area contributed by atoms with Crippen molar-refractivity contribution in [1.29, 1.82) is 0 Å². The van der Waals surface area contributed by atoms with E-state index in [4.69, 9.17) is 0 Å². The summed E-state index contributed by atoms with van der Waals surface area (Å²) in [5.74, 6) is -0.609. The fraction of sp³-hybridized carbons (Fsp3) is 0.207. The molecule has 2 aliphatic rings. The molecule has 4 aromatic rings. The lowest BCUT2D eigenvalue weighted by Gasteiger charge is -2.15. The number of hydrogen-bond donors (Lipinski definition) is 1. The zero-order valence-electron chi connectivity index (χ0n) is 19.3. The first kappa shape index (κ1) is 21.5. The summed E-state index contributed by atoms with van der Waals surface area (Å²) in [7, 11) is 0. The molecule has 2 aliphatic carbocycles. The minimum atomic E-state index is -0.389. The van der Waals surface area contributed by atoms with Crippen molar-refractivity contribution in [1.82, 2.24) is 9.55 Å². The predicted octanol–water partition coefficient (Wildman–Crippen LogP) is 5.01. The molecule has 0 bridgehead atoms. The zero-order chi connectivity index (χ0) is 24.3. The van der Waals surface area contributed by atoms with Crippen LogP contribution in [0.15, 0.2) is 53.5 Å². The van der Waals surface area contributed by atoms with Crippen LogP contribution in [-0.4, -0.2) is 21.1 Å². The van der Waals surface area contributed by atoms with E-state index in [-0.39, 0.29) is 35.9 Å². The molecule has 2 aromatic heterocycles. The van der Waals surface area contributed by atoms with Crippen molar-refractivity contribution in [3.63, 3.8) is 0 Å². The number of allylic oxidation sites excluding steroid dienone is 1. The van der Waals surface area contributed by atoms with Crippen molar-refractivity contribution >= 4 is 28.5 Å². The molecule has 35 heavy (non-hydrogen) atoms. The lowest BCUT2D eigenvalue weighted by molar-refractivity contribution is -0.114. The summed E-state index contributed by atoms with van der Waals surface area (Å²) in [6.45, 7) is 1.59. The number of aromatic amines is 1. The highest BCUT2D eigenvalue weighted by molar-refractivity contribution is 6.10. The van der Waals surface area contributed by atoms with E-state index >= 15 is 4.39 Å². The smallest absolute Gasteiger partial charge is 0.255 e. The Balaban J connectivity index is 1.63. The van der Waals surface area contributed by atoms with Gasteiger partial charge >= 0.3 is 0 Å². The molecule has 0 atom stereocenters. The van der Waals surface area contributed by atoms with Gasteiger partial charge in [-0.1, -0.05) is 12.1 Å². The fourth-order valence-corrected chi connectivity index (χ4v) is 5.55. The summed E-state index contributed by atoms with van der Waals surface area (Å²) in [5.41, 5.74) is 6.24. The molecule has 1 N–H and O–H groups in total. The normalized spacial score (nSPS) is 14.4. The van der Waals surface area contributed by atoms with Gasteiger partial charge in [-0.05, 0) is 77.9 Å². The van der Waals surface area contributed by atoms with Crippen LogP contribution in [0.3, 0.4) is 0 Å². The van der Waals surface area contributed by atoms with Crippen LogP contribution in [-0.2, 0) is 30.6 Å². The lowest BCUT2D eigenvalue weighted by atomic mass is 9.94. The molecule has 0 unspecified atom stereocenters. The maximum atomic E-state index is 15.2. The number of hydrogen-bond acceptors (Lipinski definition) is 3. The first-order valence-corrected chi connectivity index (χ1v) is 11.8. The van der Waals surface area contributed by atoms with Crippen LogP contribution in [0.1, 0.15) is 51.7 Å². The van der Waals surface area contributed by atoms with Gasteiger partial charge in [0.2, 0.25) is 0 Å². The van der Waals surface area contributed by atoms with E-state index in [1.54, 1.807) is 30.5 Å². The second-order valence-electron chi connectivity index (χ2n) is 9.39. The van der Waals surface area contributed by atoms with Gasteiger partial charge in [0, 0.05) is 47.1 Å². The number of rotatable bonds is 4. The summed E-state index contributed by atoms with van der Waals surface area (Å²) < 4.78 is 17.1. The van der Waals surface area contributed by atoms with Crippen molar-refractivity contribution in [3.8, 4) is 11.1 Å². The van der Waals surface area contributed by atoms with E-state index in [0.717, 1.165) is 35.7 Å². The summed E-state index contributed by atoms with van der Waals surface area (Å²) >= 11 is 0. The van der Waals surface area contributed by atoms with Crippen LogP contribution in [0.25, 0.3) is 28.1 Å². The third-order valence-corrected chi connectivity index (χ3v) is 7.15. The first-order chi connectivity index (χ1) is 16.9. The molecular weight excluding hydrogens is 443 g/mol. The molecule has 0 amide bonds. The van der Waals surface area contributed by atoms with E-state index in [1.165, 1.54) is 30.2 Å². The standard InChI is InChI=1S/C29H23FN2O3/c1-16(33)28-27(23-6-3-9-31-29(23)35)24-12-17-4-2-5-18(17)14-26(24)32(28)15-21-10-20-11-22(34)8-7-19(20)13-25(21)30/h3,6-10,12-14H,2,4-5,11,15H2,1H3,(H,31,35). The fourth-order valence-electron chi connectivity index (χ4n) is 5.55. The van der Waals surface area contributed by atoms with Crippen LogP contribution in [0.5, 0.6) is 0 Å². The minimum Gasteiger partial charge on any atom is -0.333 e. The van der Waals surface area contributed by atoms with E-state index in [0.29, 0.717) is 27.9 Å². The van der Waals surface area contributed by atoms with Gasteiger partial charge in [0.05, 0.1) is 12.2 Å². The van der Waals surface area contributed by atoms with Gasteiger partial charge < -0.3 is 9.55 Å². The molecule has 0 spiro atoms. The molecular formula is C29H23FN2O3. The number of halogens is 1. The van der Waals surface area contributed by atoms with E-state index in [2.05, 4.69) is 17.1 Å². The zero-order valence-corrected chi connectivity index (χ0v) is 19.3. The van der Waals surface area contributed by atoms with Crippen LogP contribution < -0.4 is 5.56 Å². The van der Waals surface area contributed by atoms with Gasteiger partial charge in [-0.15, -0.1) is 0 Å². The van der Waals surface area contributed by atoms with Crippen molar-refractivity contribution in [3.05, 3.63) is 98.4 Å². The average Bonchev–Trinajstić information content (AvgIpc) is 3.41. The van der Waals surface area contributed by atoms with E-state index in [9.17, 15) is 14.4 Å². The lowest BCUT2D eigenvalue weighted by Crippen LogP contribution is -2.14. The molecule has 6 rings (SSSR count).